The van der Waals surface area contributed by atoms with Crippen LogP contribution in [-0.4, -0.2) is 36.3 Å². The maximum absolute atomic E-state index is 12.4. The molecule has 0 unspecified atom stereocenters. The maximum atomic E-state index is 12.4. The molecule has 0 aliphatic carbocycles. The molecular formula is C16H20Cl2N2O2. The number of likely N-dealkylation sites (tertiary alicyclic amines) is 1. The number of hydrogen-bond acceptors (Lipinski definition) is 2. The zero-order chi connectivity index (χ0) is 16.3. The van der Waals surface area contributed by atoms with Gasteiger partial charge in [-0.15, -0.1) is 0 Å². The van der Waals surface area contributed by atoms with Crippen LogP contribution in [0, 0.1) is 5.92 Å². The number of piperidine rings is 1. The number of nitrogens with zero attached hydrogens (tertiary/aromatic N) is 2. The quantitative estimate of drug-likeness (QED) is 0.841. The van der Waals surface area contributed by atoms with Crippen LogP contribution in [0.2, 0.25) is 10.0 Å². The van der Waals surface area contributed by atoms with Crippen LogP contribution in [0.25, 0.3) is 0 Å². The molecule has 0 N–H and O–H groups in total. The molecule has 1 aliphatic heterocycles. The second-order valence-corrected chi connectivity index (χ2v) is 6.67. The number of hydrogen-bond donors (Lipinski definition) is 0. The summed E-state index contributed by atoms with van der Waals surface area (Å²) in [5.74, 6) is 0.398. The zero-order valence-electron chi connectivity index (χ0n) is 12.8. The molecule has 120 valence electrons. The fourth-order valence-electron chi connectivity index (χ4n) is 2.57. The van der Waals surface area contributed by atoms with Crippen molar-refractivity contribution in [3.63, 3.8) is 0 Å². The highest BCUT2D eigenvalue weighted by Gasteiger charge is 2.24. The third kappa shape index (κ3) is 4.37. The molecule has 1 aliphatic rings. The van der Waals surface area contributed by atoms with Crippen LogP contribution in [0.15, 0.2) is 18.2 Å². The lowest BCUT2D eigenvalue weighted by Gasteiger charge is -2.32. The van der Waals surface area contributed by atoms with E-state index >= 15 is 0 Å². The molecule has 4 nitrogen and oxygen atoms in total. The predicted octanol–water partition coefficient (Wildman–Crippen LogP) is 3.60. The van der Waals surface area contributed by atoms with Crippen LogP contribution in [-0.2, 0) is 9.59 Å². The van der Waals surface area contributed by atoms with Gasteiger partial charge in [-0.2, -0.15) is 0 Å². The first-order valence-corrected chi connectivity index (χ1v) is 8.14. The monoisotopic (exact) mass is 342 g/mol. The molecule has 0 bridgehead atoms. The lowest BCUT2D eigenvalue weighted by Crippen LogP contribution is -2.45. The van der Waals surface area contributed by atoms with Crippen molar-refractivity contribution in [2.24, 2.45) is 5.92 Å². The summed E-state index contributed by atoms with van der Waals surface area (Å²) in [5, 5.41) is 0.876. The number of anilines is 1. The Labute approximate surface area is 141 Å². The van der Waals surface area contributed by atoms with E-state index in [9.17, 15) is 9.59 Å². The van der Waals surface area contributed by atoms with Gasteiger partial charge in [-0.1, -0.05) is 30.1 Å². The number of benzene rings is 1. The third-order valence-corrected chi connectivity index (χ3v) is 4.41. The molecule has 0 saturated carbocycles. The first-order chi connectivity index (χ1) is 10.4. The van der Waals surface area contributed by atoms with Crippen molar-refractivity contribution in [2.75, 3.05) is 24.5 Å². The summed E-state index contributed by atoms with van der Waals surface area (Å²) in [4.78, 5) is 27.6. The Bertz CT molecular complexity index is 549. The Morgan fingerprint density at radius 1 is 1.18 bits per heavy atom. The zero-order valence-corrected chi connectivity index (χ0v) is 14.3. The molecule has 1 heterocycles. The van der Waals surface area contributed by atoms with Crippen LogP contribution in [0.4, 0.5) is 5.69 Å². The van der Waals surface area contributed by atoms with E-state index in [0.717, 1.165) is 25.9 Å². The fraction of sp³-hybridized carbons (Fsp3) is 0.500. The Hall–Kier alpha value is -1.26. The molecular weight excluding hydrogens is 323 g/mol. The Balaban J connectivity index is 2.12. The maximum Gasteiger partial charge on any atom is 0.242 e. The van der Waals surface area contributed by atoms with Gasteiger partial charge in [-0.05, 0) is 37.0 Å². The lowest BCUT2D eigenvalue weighted by molar-refractivity contribution is -0.132. The van der Waals surface area contributed by atoms with Gasteiger partial charge < -0.3 is 9.80 Å². The van der Waals surface area contributed by atoms with Crippen molar-refractivity contribution in [3.05, 3.63) is 28.2 Å². The van der Waals surface area contributed by atoms with E-state index in [0.29, 0.717) is 21.7 Å². The summed E-state index contributed by atoms with van der Waals surface area (Å²) in [6.45, 7) is 5.14. The summed E-state index contributed by atoms with van der Waals surface area (Å²) in [5.41, 5.74) is 0.545. The molecule has 1 fully saturated rings. The van der Waals surface area contributed by atoms with Crippen LogP contribution < -0.4 is 4.90 Å². The highest BCUT2D eigenvalue weighted by Crippen LogP contribution is 2.26. The van der Waals surface area contributed by atoms with Crippen molar-refractivity contribution < 1.29 is 9.59 Å². The average Bonchev–Trinajstić information content (AvgIpc) is 2.43. The highest BCUT2D eigenvalue weighted by atomic mass is 35.5. The standard InChI is InChI=1S/C16H20Cl2N2O2/c1-11-3-5-19(6-4-11)16(22)10-20(12(2)21)15-8-13(17)7-14(18)9-15/h7-9,11H,3-6,10H2,1-2H3. The minimum absolute atomic E-state index is 0.0143. The van der Waals surface area contributed by atoms with Gasteiger partial charge in [0.05, 0.1) is 0 Å². The number of rotatable bonds is 3. The smallest absolute Gasteiger partial charge is 0.242 e. The molecule has 0 spiro atoms. The lowest BCUT2D eigenvalue weighted by atomic mass is 9.99. The third-order valence-electron chi connectivity index (χ3n) is 3.97. The second-order valence-electron chi connectivity index (χ2n) is 5.80. The number of halogens is 2. The van der Waals surface area contributed by atoms with Crippen molar-refractivity contribution in [2.45, 2.75) is 26.7 Å². The molecule has 2 rings (SSSR count). The van der Waals surface area contributed by atoms with E-state index in [1.54, 1.807) is 18.2 Å². The Kier molecular flexibility index (Phi) is 5.70. The topological polar surface area (TPSA) is 40.6 Å². The minimum Gasteiger partial charge on any atom is -0.341 e. The van der Waals surface area contributed by atoms with Crippen LogP contribution in [0.3, 0.4) is 0 Å². The van der Waals surface area contributed by atoms with Gasteiger partial charge in [-0.3, -0.25) is 9.59 Å². The minimum atomic E-state index is -0.211. The number of carbonyl (C=O) groups excluding carboxylic acids is 2. The Morgan fingerprint density at radius 2 is 1.73 bits per heavy atom. The highest BCUT2D eigenvalue weighted by molar-refractivity contribution is 6.35. The van der Waals surface area contributed by atoms with Crippen molar-refractivity contribution in [3.8, 4) is 0 Å². The predicted molar refractivity (Wildman–Crippen MR) is 89.5 cm³/mol. The summed E-state index contributed by atoms with van der Waals surface area (Å²) in [7, 11) is 0. The van der Waals surface area contributed by atoms with Crippen LogP contribution >= 0.6 is 23.2 Å². The summed E-state index contributed by atoms with van der Waals surface area (Å²) < 4.78 is 0. The molecule has 6 heteroatoms. The Morgan fingerprint density at radius 3 is 2.23 bits per heavy atom. The normalized spacial score (nSPS) is 15.7. The SMILES string of the molecule is CC(=O)N(CC(=O)N1CCC(C)CC1)c1cc(Cl)cc(Cl)c1. The van der Waals surface area contributed by atoms with Gasteiger partial charge in [0.2, 0.25) is 11.8 Å². The largest absolute Gasteiger partial charge is 0.341 e. The summed E-state index contributed by atoms with van der Waals surface area (Å²) in [6, 6.07) is 4.87. The van der Waals surface area contributed by atoms with E-state index in [4.69, 9.17) is 23.2 Å². The van der Waals surface area contributed by atoms with Crippen LogP contribution in [0.1, 0.15) is 26.7 Å². The second kappa shape index (κ2) is 7.34. The van der Waals surface area contributed by atoms with Gasteiger partial charge in [0.15, 0.2) is 0 Å². The van der Waals surface area contributed by atoms with E-state index in [-0.39, 0.29) is 18.4 Å². The van der Waals surface area contributed by atoms with Gasteiger partial charge in [0, 0.05) is 35.7 Å². The van der Waals surface area contributed by atoms with E-state index in [1.807, 2.05) is 4.90 Å². The van der Waals surface area contributed by atoms with Crippen LogP contribution in [0.5, 0.6) is 0 Å². The molecule has 2 amide bonds. The number of carbonyl (C=O) groups is 2. The van der Waals surface area contributed by atoms with Gasteiger partial charge in [0.25, 0.3) is 0 Å². The van der Waals surface area contributed by atoms with Gasteiger partial charge >= 0.3 is 0 Å². The molecule has 0 radical (unpaired) electrons. The average molecular weight is 343 g/mol. The molecule has 1 aromatic carbocycles. The van der Waals surface area contributed by atoms with E-state index in [1.165, 1.54) is 11.8 Å². The molecule has 22 heavy (non-hydrogen) atoms. The van der Waals surface area contributed by atoms with Gasteiger partial charge in [-0.25, -0.2) is 0 Å². The molecule has 1 aromatic rings. The molecule has 1 saturated heterocycles. The number of amides is 2. The van der Waals surface area contributed by atoms with Gasteiger partial charge in [0.1, 0.15) is 6.54 Å². The fourth-order valence-corrected chi connectivity index (χ4v) is 3.09. The first kappa shape index (κ1) is 17.1. The first-order valence-electron chi connectivity index (χ1n) is 7.39. The molecule has 0 aromatic heterocycles. The van der Waals surface area contributed by atoms with Crippen molar-refractivity contribution in [1.29, 1.82) is 0 Å². The molecule has 0 atom stereocenters. The summed E-state index contributed by atoms with van der Waals surface area (Å²) >= 11 is 12.0. The van der Waals surface area contributed by atoms with Crippen molar-refractivity contribution >= 4 is 40.7 Å². The van der Waals surface area contributed by atoms with Crippen molar-refractivity contribution in [1.82, 2.24) is 4.90 Å². The van der Waals surface area contributed by atoms with E-state index in [2.05, 4.69) is 6.92 Å². The van der Waals surface area contributed by atoms with E-state index < -0.39 is 0 Å². The summed E-state index contributed by atoms with van der Waals surface area (Å²) in [6.07, 6.45) is 2.02.